The fourth-order valence-electron chi connectivity index (χ4n) is 2.96. The van der Waals surface area contributed by atoms with Gasteiger partial charge in [-0.3, -0.25) is 4.79 Å². The quantitative estimate of drug-likeness (QED) is 0.920. The number of benzene rings is 1. The second-order valence-corrected chi connectivity index (χ2v) is 6.23. The lowest BCUT2D eigenvalue weighted by Gasteiger charge is -2.38. The Hall–Kier alpha value is -1.56. The molecule has 1 aromatic carbocycles. The molecule has 128 valence electrons. The first kappa shape index (κ1) is 17.8. The third kappa shape index (κ3) is 4.70. The number of rotatable bonds is 4. The number of likely N-dealkylation sites (tertiary alicyclic amines) is 1. The molecule has 0 bridgehead atoms. The summed E-state index contributed by atoms with van der Waals surface area (Å²) in [4.78, 5) is 13.6. The molecular weight excluding hydrogens is 307 g/mol. The van der Waals surface area contributed by atoms with Crippen LogP contribution in [0.1, 0.15) is 43.7 Å². The molecule has 0 spiro atoms. The van der Waals surface area contributed by atoms with Crippen molar-refractivity contribution in [1.82, 2.24) is 4.90 Å². The molecule has 1 heterocycles. The molecule has 23 heavy (non-hydrogen) atoms. The minimum atomic E-state index is -4.38. The van der Waals surface area contributed by atoms with Gasteiger partial charge in [0.1, 0.15) is 0 Å². The number of carbonyl (C=O) groups is 1. The molecule has 0 atom stereocenters. The van der Waals surface area contributed by atoms with Gasteiger partial charge in [0.2, 0.25) is 5.91 Å². The predicted octanol–water partition coefficient (Wildman–Crippen LogP) is 3.40. The zero-order valence-corrected chi connectivity index (χ0v) is 13.2. The number of carbonyl (C=O) groups excluding carboxylic acids is 1. The number of hydrogen-bond donors (Lipinski definition) is 1. The molecule has 0 radical (unpaired) electrons. The Bertz CT molecular complexity index is 549. The fourth-order valence-corrected chi connectivity index (χ4v) is 2.96. The SMILES string of the molecule is CCCC(=O)N1CCC(O)(Cc2cccc(C(F)(F)F)c2)CC1. The van der Waals surface area contributed by atoms with E-state index in [-0.39, 0.29) is 12.3 Å². The standard InChI is InChI=1S/C17H22F3NO2/c1-2-4-15(22)21-9-7-16(23,8-10-21)12-13-5-3-6-14(11-13)17(18,19)20/h3,5-6,11,23H,2,4,7-10,12H2,1H3. The Morgan fingerprint density at radius 1 is 1.30 bits per heavy atom. The van der Waals surface area contributed by atoms with E-state index in [0.29, 0.717) is 37.9 Å². The summed E-state index contributed by atoms with van der Waals surface area (Å²) in [5.41, 5.74) is -1.28. The van der Waals surface area contributed by atoms with Crippen LogP contribution in [0.4, 0.5) is 13.2 Å². The first-order valence-corrected chi connectivity index (χ1v) is 7.90. The van der Waals surface area contributed by atoms with E-state index < -0.39 is 17.3 Å². The van der Waals surface area contributed by atoms with Crippen molar-refractivity contribution in [3.05, 3.63) is 35.4 Å². The number of piperidine rings is 1. The lowest BCUT2D eigenvalue weighted by molar-refractivity contribution is -0.138. The van der Waals surface area contributed by atoms with Crippen LogP contribution < -0.4 is 0 Å². The van der Waals surface area contributed by atoms with Crippen LogP contribution in [0, 0.1) is 0 Å². The summed E-state index contributed by atoms with van der Waals surface area (Å²) in [6.07, 6.45) is -2.16. The highest BCUT2D eigenvalue weighted by Gasteiger charge is 2.35. The second-order valence-electron chi connectivity index (χ2n) is 6.23. The molecule has 3 nitrogen and oxygen atoms in total. The lowest BCUT2D eigenvalue weighted by atomic mass is 9.85. The molecule has 1 saturated heterocycles. The van der Waals surface area contributed by atoms with Crippen LogP contribution in [0.15, 0.2) is 24.3 Å². The molecule has 2 rings (SSSR count). The van der Waals surface area contributed by atoms with Gasteiger partial charge in [-0.1, -0.05) is 25.1 Å². The summed E-state index contributed by atoms with van der Waals surface area (Å²) < 4.78 is 38.2. The van der Waals surface area contributed by atoms with Crippen LogP contribution in [0.3, 0.4) is 0 Å². The van der Waals surface area contributed by atoms with E-state index in [4.69, 9.17) is 0 Å². The van der Waals surface area contributed by atoms with Gasteiger partial charge in [-0.15, -0.1) is 0 Å². The third-order valence-electron chi connectivity index (χ3n) is 4.30. The normalized spacial score (nSPS) is 18.0. The second kappa shape index (κ2) is 6.91. The number of amides is 1. The molecular formula is C17H22F3NO2. The van der Waals surface area contributed by atoms with E-state index >= 15 is 0 Å². The van der Waals surface area contributed by atoms with Crippen LogP contribution in [0.2, 0.25) is 0 Å². The molecule has 1 fully saturated rings. The largest absolute Gasteiger partial charge is 0.416 e. The van der Waals surface area contributed by atoms with Crippen molar-refractivity contribution in [3.8, 4) is 0 Å². The van der Waals surface area contributed by atoms with E-state index in [9.17, 15) is 23.1 Å². The highest BCUT2D eigenvalue weighted by atomic mass is 19.4. The Morgan fingerprint density at radius 3 is 2.52 bits per heavy atom. The number of nitrogens with zero attached hydrogens (tertiary/aromatic N) is 1. The van der Waals surface area contributed by atoms with Crippen molar-refractivity contribution in [2.45, 2.75) is 50.8 Å². The molecule has 0 aliphatic carbocycles. The van der Waals surface area contributed by atoms with Gasteiger partial charge in [0, 0.05) is 25.9 Å². The monoisotopic (exact) mass is 329 g/mol. The van der Waals surface area contributed by atoms with E-state index in [1.54, 1.807) is 11.0 Å². The number of aliphatic hydroxyl groups is 1. The Morgan fingerprint density at radius 2 is 1.96 bits per heavy atom. The average molecular weight is 329 g/mol. The molecule has 1 N–H and O–H groups in total. The maximum absolute atomic E-state index is 12.7. The van der Waals surface area contributed by atoms with Gasteiger partial charge in [0.05, 0.1) is 11.2 Å². The molecule has 1 aliphatic heterocycles. The Labute approximate surface area is 134 Å². The number of halogens is 3. The van der Waals surface area contributed by atoms with Crippen LogP contribution >= 0.6 is 0 Å². The molecule has 0 saturated carbocycles. The van der Waals surface area contributed by atoms with Crippen molar-refractivity contribution < 1.29 is 23.1 Å². The van der Waals surface area contributed by atoms with E-state index in [0.717, 1.165) is 18.6 Å². The molecule has 1 aromatic rings. The lowest BCUT2D eigenvalue weighted by Crippen LogP contribution is -2.47. The van der Waals surface area contributed by atoms with Crippen LogP contribution in [-0.2, 0) is 17.4 Å². The number of alkyl halides is 3. The molecule has 1 amide bonds. The summed E-state index contributed by atoms with van der Waals surface area (Å²) >= 11 is 0. The van der Waals surface area contributed by atoms with Gasteiger partial charge in [-0.05, 0) is 30.9 Å². The first-order valence-electron chi connectivity index (χ1n) is 7.90. The first-order chi connectivity index (χ1) is 10.7. The maximum atomic E-state index is 12.7. The smallest absolute Gasteiger partial charge is 0.389 e. The highest BCUT2D eigenvalue weighted by Crippen LogP contribution is 2.32. The van der Waals surface area contributed by atoms with Crippen LogP contribution in [-0.4, -0.2) is 34.6 Å². The topological polar surface area (TPSA) is 40.5 Å². The summed E-state index contributed by atoms with van der Waals surface area (Å²) in [6.45, 7) is 2.84. The van der Waals surface area contributed by atoms with Gasteiger partial charge in [-0.25, -0.2) is 0 Å². The minimum absolute atomic E-state index is 0.0774. The summed E-state index contributed by atoms with van der Waals surface area (Å²) in [6, 6.07) is 5.08. The Kier molecular flexibility index (Phi) is 5.34. The fraction of sp³-hybridized carbons (Fsp3) is 0.588. The third-order valence-corrected chi connectivity index (χ3v) is 4.30. The van der Waals surface area contributed by atoms with Gasteiger partial charge < -0.3 is 10.0 Å². The van der Waals surface area contributed by atoms with Gasteiger partial charge in [0.15, 0.2) is 0 Å². The van der Waals surface area contributed by atoms with Crippen molar-refractivity contribution >= 4 is 5.91 Å². The van der Waals surface area contributed by atoms with E-state index in [1.165, 1.54) is 6.07 Å². The van der Waals surface area contributed by atoms with Crippen molar-refractivity contribution in [3.63, 3.8) is 0 Å². The van der Waals surface area contributed by atoms with Gasteiger partial charge in [-0.2, -0.15) is 13.2 Å². The average Bonchev–Trinajstić information content (AvgIpc) is 2.47. The van der Waals surface area contributed by atoms with Crippen molar-refractivity contribution in [2.75, 3.05) is 13.1 Å². The van der Waals surface area contributed by atoms with E-state index in [2.05, 4.69) is 0 Å². The van der Waals surface area contributed by atoms with Crippen molar-refractivity contribution in [2.24, 2.45) is 0 Å². The molecule has 6 heteroatoms. The molecule has 0 unspecified atom stereocenters. The summed E-state index contributed by atoms with van der Waals surface area (Å²) in [7, 11) is 0. The predicted molar refractivity (Wildman–Crippen MR) is 80.8 cm³/mol. The van der Waals surface area contributed by atoms with Gasteiger partial charge >= 0.3 is 6.18 Å². The zero-order chi connectivity index (χ0) is 17.1. The molecule has 0 aromatic heterocycles. The minimum Gasteiger partial charge on any atom is -0.389 e. The van der Waals surface area contributed by atoms with E-state index in [1.807, 2.05) is 6.92 Å². The highest BCUT2D eigenvalue weighted by molar-refractivity contribution is 5.76. The Balaban J connectivity index is 2.00. The maximum Gasteiger partial charge on any atom is 0.416 e. The summed E-state index contributed by atoms with van der Waals surface area (Å²) in [5.74, 6) is 0.0774. The summed E-state index contributed by atoms with van der Waals surface area (Å²) in [5, 5.41) is 10.6. The van der Waals surface area contributed by atoms with Crippen LogP contribution in [0.25, 0.3) is 0 Å². The molecule has 1 aliphatic rings. The zero-order valence-electron chi connectivity index (χ0n) is 13.2. The number of hydrogen-bond acceptors (Lipinski definition) is 2. The van der Waals surface area contributed by atoms with Crippen molar-refractivity contribution in [1.29, 1.82) is 0 Å². The van der Waals surface area contributed by atoms with Crippen LogP contribution in [0.5, 0.6) is 0 Å². The van der Waals surface area contributed by atoms with Gasteiger partial charge in [0.25, 0.3) is 0 Å².